The molecular weight excluding hydrogens is 186 g/mol. The van der Waals surface area contributed by atoms with E-state index in [9.17, 15) is 0 Å². The first-order chi connectivity index (χ1) is 6.09. The Labute approximate surface area is 81.1 Å². The number of aryl methyl sites for hydroxylation is 2. The Morgan fingerprint density at radius 3 is 2.85 bits per heavy atom. The van der Waals surface area contributed by atoms with Gasteiger partial charge < -0.3 is 5.73 Å². The summed E-state index contributed by atoms with van der Waals surface area (Å²) in [5.74, 6) is 0. The van der Waals surface area contributed by atoms with Crippen LogP contribution in [0.3, 0.4) is 0 Å². The summed E-state index contributed by atoms with van der Waals surface area (Å²) in [5, 5.41) is 5.91. The van der Waals surface area contributed by atoms with Crippen LogP contribution in [0.5, 0.6) is 0 Å². The molecule has 1 aromatic heterocycles. The SMILES string of the molecule is Cc1nn(C)c2cc(Cl)c(N)cc12. The third-order valence-corrected chi connectivity index (χ3v) is 2.48. The second-order valence-corrected chi connectivity index (χ2v) is 3.51. The molecule has 0 aliphatic carbocycles. The molecule has 0 atom stereocenters. The molecule has 0 saturated heterocycles. The summed E-state index contributed by atoms with van der Waals surface area (Å²) in [4.78, 5) is 0. The van der Waals surface area contributed by atoms with Gasteiger partial charge >= 0.3 is 0 Å². The molecule has 0 radical (unpaired) electrons. The van der Waals surface area contributed by atoms with Crippen molar-refractivity contribution in [1.82, 2.24) is 9.78 Å². The van der Waals surface area contributed by atoms with Gasteiger partial charge in [0.2, 0.25) is 0 Å². The van der Waals surface area contributed by atoms with E-state index in [4.69, 9.17) is 17.3 Å². The highest BCUT2D eigenvalue weighted by Gasteiger charge is 2.07. The fourth-order valence-electron chi connectivity index (χ4n) is 1.47. The van der Waals surface area contributed by atoms with Crippen molar-refractivity contribution in [2.75, 3.05) is 5.73 Å². The number of nitrogen functional groups attached to an aromatic ring is 1. The van der Waals surface area contributed by atoms with Crippen LogP contribution in [0.1, 0.15) is 5.69 Å². The third-order valence-electron chi connectivity index (χ3n) is 2.15. The summed E-state index contributed by atoms with van der Waals surface area (Å²) in [5.41, 5.74) is 8.28. The molecule has 0 amide bonds. The quantitative estimate of drug-likeness (QED) is 0.655. The monoisotopic (exact) mass is 195 g/mol. The number of aromatic nitrogens is 2. The molecule has 0 unspecified atom stereocenters. The molecule has 3 nitrogen and oxygen atoms in total. The zero-order valence-corrected chi connectivity index (χ0v) is 8.26. The molecule has 0 bridgehead atoms. The largest absolute Gasteiger partial charge is 0.398 e. The predicted molar refractivity (Wildman–Crippen MR) is 54.9 cm³/mol. The van der Waals surface area contributed by atoms with Crippen molar-refractivity contribution in [3.63, 3.8) is 0 Å². The zero-order chi connectivity index (χ0) is 9.59. The van der Waals surface area contributed by atoms with Gasteiger partial charge in [0, 0.05) is 12.4 Å². The molecule has 0 saturated carbocycles. The van der Waals surface area contributed by atoms with E-state index in [1.165, 1.54) is 0 Å². The van der Waals surface area contributed by atoms with Crippen molar-refractivity contribution in [2.45, 2.75) is 6.92 Å². The molecule has 0 fully saturated rings. The molecule has 2 rings (SSSR count). The number of nitrogens with two attached hydrogens (primary N) is 1. The number of halogens is 1. The lowest BCUT2D eigenvalue weighted by atomic mass is 10.2. The van der Waals surface area contributed by atoms with Gasteiger partial charge in [-0.3, -0.25) is 4.68 Å². The van der Waals surface area contributed by atoms with Gasteiger partial charge in [-0.15, -0.1) is 0 Å². The first-order valence-corrected chi connectivity index (χ1v) is 4.35. The number of benzene rings is 1. The van der Waals surface area contributed by atoms with Crippen LogP contribution in [0, 0.1) is 6.92 Å². The Morgan fingerprint density at radius 2 is 2.15 bits per heavy atom. The lowest BCUT2D eigenvalue weighted by Crippen LogP contribution is -1.90. The highest BCUT2D eigenvalue weighted by molar-refractivity contribution is 6.33. The minimum absolute atomic E-state index is 0.579. The van der Waals surface area contributed by atoms with Crippen LogP contribution in [0.4, 0.5) is 5.69 Å². The fourth-order valence-corrected chi connectivity index (χ4v) is 1.63. The summed E-state index contributed by atoms with van der Waals surface area (Å²) >= 11 is 5.90. The zero-order valence-electron chi connectivity index (χ0n) is 7.50. The molecule has 0 aliphatic rings. The van der Waals surface area contributed by atoms with Crippen LogP contribution < -0.4 is 5.73 Å². The summed E-state index contributed by atoms with van der Waals surface area (Å²) in [6.45, 7) is 1.95. The minimum Gasteiger partial charge on any atom is -0.398 e. The van der Waals surface area contributed by atoms with Gasteiger partial charge in [0.1, 0.15) is 0 Å². The van der Waals surface area contributed by atoms with Crippen LogP contribution in [0.15, 0.2) is 12.1 Å². The van der Waals surface area contributed by atoms with Crippen LogP contribution in [0.2, 0.25) is 5.02 Å². The predicted octanol–water partition coefficient (Wildman–Crippen LogP) is 2.12. The van der Waals surface area contributed by atoms with Gasteiger partial charge in [-0.05, 0) is 19.1 Å². The van der Waals surface area contributed by atoms with E-state index in [2.05, 4.69) is 5.10 Å². The Morgan fingerprint density at radius 1 is 1.46 bits per heavy atom. The van der Waals surface area contributed by atoms with Gasteiger partial charge in [-0.25, -0.2) is 0 Å². The number of fused-ring (bicyclic) bond motifs is 1. The van der Waals surface area contributed by atoms with Crippen LogP contribution in [-0.2, 0) is 7.05 Å². The summed E-state index contributed by atoms with van der Waals surface area (Å²) < 4.78 is 1.80. The molecule has 4 heteroatoms. The second-order valence-electron chi connectivity index (χ2n) is 3.10. The lowest BCUT2D eigenvalue weighted by Gasteiger charge is -1.98. The van der Waals surface area contributed by atoms with Crippen molar-refractivity contribution in [3.8, 4) is 0 Å². The molecule has 2 aromatic rings. The molecule has 1 aromatic carbocycles. The van der Waals surface area contributed by atoms with Crippen molar-refractivity contribution < 1.29 is 0 Å². The van der Waals surface area contributed by atoms with E-state index < -0.39 is 0 Å². The Kier molecular flexibility index (Phi) is 1.70. The number of hydrogen-bond donors (Lipinski definition) is 1. The van der Waals surface area contributed by atoms with Crippen LogP contribution >= 0.6 is 11.6 Å². The molecule has 1 heterocycles. The van der Waals surface area contributed by atoms with Crippen molar-refractivity contribution in [1.29, 1.82) is 0 Å². The van der Waals surface area contributed by atoms with Crippen molar-refractivity contribution in [2.24, 2.45) is 7.05 Å². The summed E-state index contributed by atoms with van der Waals surface area (Å²) in [6, 6.07) is 3.70. The lowest BCUT2D eigenvalue weighted by molar-refractivity contribution is 0.783. The topological polar surface area (TPSA) is 43.8 Å². The molecular formula is C9H10ClN3. The summed E-state index contributed by atoms with van der Waals surface area (Å²) in [7, 11) is 1.89. The molecule has 0 aliphatic heterocycles. The van der Waals surface area contributed by atoms with Gasteiger partial charge in [-0.2, -0.15) is 5.10 Å². The van der Waals surface area contributed by atoms with Gasteiger partial charge in [0.25, 0.3) is 0 Å². The number of anilines is 1. The van der Waals surface area contributed by atoms with Crippen LogP contribution in [0.25, 0.3) is 10.9 Å². The second kappa shape index (κ2) is 2.64. The highest BCUT2D eigenvalue weighted by atomic mass is 35.5. The maximum atomic E-state index is 5.90. The van der Waals surface area contributed by atoms with Gasteiger partial charge in [0.05, 0.1) is 21.9 Å². The van der Waals surface area contributed by atoms with E-state index in [1.54, 1.807) is 4.68 Å². The number of rotatable bonds is 0. The average Bonchev–Trinajstić information content (AvgIpc) is 2.31. The standard InChI is InChI=1S/C9H10ClN3/c1-5-6-3-8(11)7(10)4-9(6)13(2)12-5/h3-4H,11H2,1-2H3. The molecule has 2 N–H and O–H groups in total. The summed E-state index contributed by atoms with van der Waals surface area (Å²) in [6.07, 6.45) is 0. The maximum Gasteiger partial charge on any atom is 0.0698 e. The fraction of sp³-hybridized carbons (Fsp3) is 0.222. The number of hydrogen-bond acceptors (Lipinski definition) is 2. The first-order valence-electron chi connectivity index (χ1n) is 3.98. The first kappa shape index (κ1) is 8.38. The Bertz CT molecular complexity index is 431. The maximum absolute atomic E-state index is 5.90. The normalized spacial score (nSPS) is 11.0. The van der Waals surface area contributed by atoms with E-state index in [0.717, 1.165) is 16.6 Å². The molecule has 68 valence electrons. The Hall–Kier alpha value is -1.22. The average molecular weight is 196 g/mol. The van der Waals surface area contributed by atoms with E-state index in [1.807, 2.05) is 26.1 Å². The Balaban J connectivity index is 2.91. The number of nitrogens with zero attached hydrogens (tertiary/aromatic N) is 2. The third kappa shape index (κ3) is 1.16. The van der Waals surface area contributed by atoms with Crippen molar-refractivity contribution >= 4 is 28.2 Å². The van der Waals surface area contributed by atoms with E-state index >= 15 is 0 Å². The minimum atomic E-state index is 0.579. The smallest absolute Gasteiger partial charge is 0.0698 e. The molecule has 13 heavy (non-hydrogen) atoms. The van der Waals surface area contributed by atoms with Gasteiger partial charge in [-0.1, -0.05) is 11.6 Å². The van der Waals surface area contributed by atoms with E-state index in [-0.39, 0.29) is 0 Å². The van der Waals surface area contributed by atoms with E-state index in [0.29, 0.717) is 10.7 Å². The van der Waals surface area contributed by atoms with Crippen molar-refractivity contribution in [3.05, 3.63) is 22.8 Å². The highest BCUT2D eigenvalue weighted by Crippen LogP contribution is 2.27. The molecule has 0 spiro atoms. The van der Waals surface area contributed by atoms with Crippen LogP contribution in [-0.4, -0.2) is 9.78 Å². The van der Waals surface area contributed by atoms with Gasteiger partial charge in [0.15, 0.2) is 0 Å².